The van der Waals surface area contributed by atoms with Gasteiger partial charge in [0.15, 0.2) is 0 Å². The zero-order chi connectivity index (χ0) is 23.3. The van der Waals surface area contributed by atoms with Gasteiger partial charge in [0.2, 0.25) is 0 Å². The third-order valence-corrected chi connectivity index (χ3v) is 6.02. The normalized spacial score (nSPS) is 10.9. The molecule has 1 rings (SSSR count). The number of hydrogen-bond acceptors (Lipinski definition) is 3. The van der Waals surface area contributed by atoms with E-state index in [1.807, 2.05) is 0 Å². The lowest BCUT2D eigenvalue weighted by Crippen LogP contribution is -2.34. The van der Waals surface area contributed by atoms with Gasteiger partial charge in [-0.2, -0.15) is 0 Å². The van der Waals surface area contributed by atoms with Crippen molar-refractivity contribution in [2.75, 3.05) is 19.7 Å². The Morgan fingerprint density at radius 2 is 1.16 bits per heavy atom. The van der Waals surface area contributed by atoms with Gasteiger partial charge >= 0.3 is 6.09 Å². The third-order valence-electron chi connectivity index (χ3n) is 6.02. The molecule has 0 atom stereocenters. The average molecular weight is 450 g/mol. The first-order valence-corrected chi connectivity index (χ1v) is 13.0. The van der Waals surface area contributed by atoms with E-state index >= 15 is 0 Å². The molecule has 0 aliphatic carbocycles. The van der Waals surface area contributed by atoms with Crippen LogP contribution in [0.1, 0.15) is 110 Å². The summed E-state index contributed by atoms with van der Waals surface area (Å²) >= 11 is 0. The SMILES string of the molecule is CCCCCCCCCCCCCCCCCCN(CCOc1ccc(O)cc1)C(=O)O. The van der Waals surface area contributed by atoms with Crippen molar-refractivity contribution < 1.29 is 19.7 Å². The molecule has 1 aromatic carbocycles. The maximum absolute atomic E-state index is 11.4. The van der Waals surface area contributed by atoms with Crippen LogP contribution in [0.25, 0.3) is 0 Å². The molecule has 5 heteroatoms. The summed E-state index contributed by atoms with van der Waals surface area (Å²) in [7, 11) is 0. The van der Waals surface area contributed by atoms with Crippen LogP contribution in [0.5, 0.6) is 11.5 Å². The molecule has 2 N–H and O–H groups in total. The molecule has 0 bridgehead atoms. The Kier molecular flexibility index (Phi) is 17.4. The third kappa shape index (κ3) is 15.8. The largest absolute Gasteiger partial charge is 0.508 e. The molecule has 1 amide bonds. The van der Waals surface area contributed by atoms with Crippen molar-refractivity contribution in [2.45, 2.75) is 110 Å². The standard InChI is InChI=1S/C27H47NO4/c1-2-3-4-5-6-7-8-9-10-11-12-13-14-15-16-17-22-28(27(30)31)23-24-32-26-20-18-25(29)19-21-26/h18-21,29H,2-17,22-24H2,1H3,(H,30,31). The zero-order valence-corrected chi connectivity index (χ0v) is 20.4. The summed E-state index contributed by atoms with van der Waals surface area (Å²) in [6.45, 7) is 3.50. The summed E-state index contributed by atoms with van der Waals surface area (Å²) in [6, 6.07) is 6.47. The first-order valence-electron chi connectivity index (χ1n) is 13.0. The van der Waals surface area contributed by atoms with Crippen molar-refractivity contribution in [1.29, 1.82) is 0 Å². The highest BCUT2D eigenvalue weighted by Crippen LogP contribution is 2.16. The number of nitrogens with zero attached hydrogens (tertiary/aromatic N) is 1. The van der Waals surface area contributed by atoms with Gasteiger partial charge in [0.05, 0.1) is 6.54 Å². The van der Waals surface area contributed by atoms with Gasteiger partial charge in [-0.3, -0.25) is 0 Å². The second kappa shape index (κ2) is 19.8. The molecule has 32 heavy (non-hydrogen) atoms. The number of phenols is 1. The van der Waals surface area contributed by atoms with E-state index in [0.29, 0.717) is 25.4 Å². The van der Waals surface area contributed by atoms with E-state index < -0.39 is 6.09 Å². The second-order valence-electron chi connectivity index (χ2n) is 8.92. The van der Waals surface area contributed by atoms with E-state index in [1.165, 1.54) is 94.8 Å². The summed E-state index contributed by atoms with van der Waals surface area (Å²) in [4.78, 5) is 12.8. The van der Waals surface area contributed by atoms with Crippen molar-refractivity contribution in [3.05, 3.63) is 24.3 Å². The van der Waals surface area contributed by atoms with E-state index in [2.05, 4.69) is 6.92 Å². The molecule has 5 nitrogen and oxygen atoms in total. The van der Waals surface area contributed by atoms with Crippen LogP contribution in [0.3, 0.4) is 0 Å². The number of benzene rings is 1. The molecule has 0 fully saturated rings. The minimum absolute atomic E-state index is 0.188. The lowest BCUT2D eigenvalue weighted by molar-refractivity contribution is 0.134. The molecule has 0 spiro atoms. The highest BCUT2D eigenvalue weighted by atomic mass is 16.5. The number of amides is 1. The van der Waals surface area contributed by atoms with Crippen LogP contribution in [0.4, 0.5) is 4.79 Å². The van der Waals surface area contributed by atoms with Crippen molar-refractivity contribution in [3.63, 3.8) is 0 Å². The number of aromatic hydroxyl groups is 1. The van der Waals surface area contributed by atoms with Crippen LogP contribution in [-0.4, -0.2) is 40.9 Å². The lowest BCUT2D eigenvalue weighted by Gasteiger charge is -2.19. The van der Waals surface area contributed by atoms with Crippen molar-refractivity contribution >= 4 is 6.09 Å². The molecule has 184 valence electrons. The van der Waals surface area contributed by atoms with Crippen LogP contribution >= 0.6 is 0 Å². The van der Waals surface area contributed by atoms with Gasteiger partial charge < -0.3 is 19.8 Å². The van der Waals surface area contributed by atoms with E-state index in [0.717, 1.165) is 12.8 Å². The summed E-state index contributed by atoms with van der Waals surface area (Å²) in [6.07, 6.45) is 20.2. The Morgan fingerprint density at radius 3 is 1.59 bits per heavy atom. The topological polar surface area (TPSA) is 70.0 Å². The Bertz CT molecular complexity index is 561. The number of phenolic OH excluding ortho intramolecular Hbond substituents is 1. The summed E-state index contributed by atoms with van der Waals surface area (Å²) in [5.41, 5.74) is 0. The highest BCUT2D eigenvalue weighted by Gasteiger charge is 2.11. The maximum Gasteiger partial charge on any atom is 0.407 e. The molecule has 0 aliphatic heterocycles. The monoisotopic (exact) mass is 449 g/mol. The van der Waals surface area contributed by atoms with Crippen LogP contribution in [0.2, 0.25) is 0 Å². The van der Waals surface area contributed by atoms with Crippen LogP contribution in [-0.2, 0) is 0 Å². The number of rotatable bonds is 21. The van der Waals surface area contributed by atoms with E-state index in [-0.39, 0.29) is 5.75 Å². The molecule has 0 aliphatic rings. The number of hydrogen-bond donors (Lipinski definition) is 2. The Hall–Kier alpha value is -1.91. The molecule has 0 saturated carbocycles. The number of unbranched alkanes of at least 4 members (excludes halogenated alkanes) is 15. The molecular formula is C27H47NO4. The van der Waals surface area contributed by atoms with Gasteiger partial charge in [-0.05, 0) is 30.7 Å². The molecule has 0 aromatic heterocycles. The van der Waals surface area contributed by atoms with E-state index in [4.69, 9.17) is 4.74 Å². The van der Waals surface area contributed by atoms with Crippen LogP contribution in [0.15, 0.2) is 24.3 Å². The summed E-state index contributed by atoms with van der Waals surface area (Å²) in [5.74, 6) is 0.823. The molecule has 1 aromatic rings. The maximum atomic E-state index is 11.4. The Morgan fingerprint density at radius 1 is 0.719 bits per heavy atom. The predicted molar refractivity (Wildman–Crippen MR) is 133 cm³/mol. The molecule has 0 unspecified atom stereocenters. The fourth-order valence-electron chi connectivity index (χ4n) is 3.97. The molecular weight excluding hydrogens is 402 g/mol. The number of carbonyl (C=O) groups is 1. The first-order chi connectivity index (χ1) is 15.6. The predicted octanol–water partition coefficient (Wildman–Crippen LogP) is 8.01. The highest BCUT2D eigenvalue weighted by molar-refractivity contribution is 5.64. The van der Waals surface area contributed by atoms with Crippen molar-refractivity contribution in [1.82, 2.24) is 4.90 Å². The van der Waals surface area contributed by atoms with Gasteiger partial charge in [-0.1, -0.05) is 103 Å². The minimum Gasteiger partial charge on any atom is -0.508 e. The van der Waals surface area contributed by atoms with Crippen molar-refractivity contribution in [2.24, 2.45) is 0 Å². The Balaban J connectivity index is 1.90. The van der Waals surface area contributed by atoms with Crippen LogP contribution in [0, 0.1) is 0 Å². The first kappa shape index (κ1) is 28.1. The van der Waals surface area contributed by atoms with Gasteiger partial charge in [0.1, 0.15) is 18.1 Å². The fourth-order valence-corrected chi connectivity index (χ4v) is 3.97. The second-order valence-corrected chi connectivity index (χ2v) is 8.92. The average Bonchev–Trinajstić information content (AvgIpc) is 2.78. The summed E-state index contributed by atoms with van der Waals surface area (Å²) < 4.78 is 5.56. The quantitative estimate of drug-likeness (QED) is 0.186. The zero-order valence-electron chi connectivity index (χ0n) is 20.4. The van der Waals surface area contributed by atoms with Gasteiger partial charge in [-0.25, -0.2) is 4.79 Å². The molecule has 0 saturated heterocycles. The minimum atomic E-state index is -0.889. The molecule has 0 radical (unpaired) electrons. The van der Waals surface area contributed by atoms with Gasteiger partial charge in [0.25, 0.3) is 0 Å². The van der Waals surface area contributed by atoms with Crippen molar-refractivity contribution in [3.8, 4) is 11.5 Å². The van der Waals surface area contributed by atoms with Gasteiger partial charge in [-0.15, -0.1) is 0 Å². The van der Waals surface area contributed by atoms with Crippen LogP contribution < -0.4 is 4.74 Å². The number of ether oxygens (including phenoxy) is 1. The summed E-state index contributed by atoms with van der Waals surface area (Å²) in [5, 5.41) is 18.6. The number of carboxylic acid groups (broad SMARTS) is 1. The van der Waals surface area contributed by atoms with Gasteiger partial charge in [0, 0.05) is 6.54 Å². The Labute approximate surface area is 196 Å². The smallest absolute Gasteiger partial charge is 0.407 e. The molecule has 0 heterocycles. The fraction of sp³-hybridized carbons (Fsp3) is 0.741. The van der Waals surface area contributed by atoms with E-state index in [9.17, 15) is 15.0 Å². The van der Waals surface area contributed by atoms with E-state index in [1.54, 1.807) is 24.3 Å². The lowest BCUT2D eigenvalue weighted by atomic mass is 10.0.